The molecule has 3 heterocycles. The van der Waals surface area contributed by atoms with E-state index in [2.05, 4.69) is 56.2 Å². The third-order valence-corrected chi connectivity index (χ3v) is 4.87. The second-order valence-corrected chi connectivity index (χ2v) is 6.73. The predicted molar refractivity (Wildman–Crippen MR) is 105 cm³/mol. The molecule has 5 rings (SSSR count). The number of halogens is 1. The van der Waals surface area contributed by atoms with Crippen LogP contribution in [0.15, 0.2) is 77.7 Å². The van der Waals surface area contributed by atoms with Gasteiger partial charge < -0.3 is 0 Å². The molecule has 0 fully saturated rings. The first-order valence-corrected chi connectivity index (χ1v) is 8.79. The average molecular weight is 386 g/mol. The van der Waals surface area contributed by atoms with Gasteiger partial charge in [-0.3, -0.25) is 4.98 Å². The summed E-state index contributed by atoms with van der Waals surface area (Å²) < 4.78 is 0.811. The summed E-state index contributed by atoms with van der Waals surface area (Å²) in [6.45, 7) is 0. The minimum atomic E-state index is 0.811. The van der Waals surface area contributed by atoms with Gasteiger partial charge >= 0.3 is 0 Å². The first-order chi connectivity index (χ1) is 12.3. The Morgan fingerprint density at radius 2 is 1.60 bits per heavy atom. The molecule has 2 aromatic carbocycles. The molecule has 0 aliphatic rings. The van der Waals surface area contributed by atoms with Gasteiger partial charge in [0.2, 0.25) is 0 Å². The van der Waals surface area contributed by atoms with Gasteiger partial charge in [0.1, 0.15) is 4.60 Å². The second-order valence-electron chi connectivity index (χ2n) is 5.91. The van der Waals surface area contributed by atoms with Gasteiger partial charge in [-0.1, -0.05) is 42.5 Å². The molecule has 0 radical (unpaired) electrons. The van der Waals surface area contributed by atoms with Gasteiger partial charge in [0.15, 0.2) is 0 Å². The highest BCUT2D eigenvalue weighted by molar-refractivity contribution is 9.10. The maximum atomic E-state index is 4.93. The van der Waals surface area contributed by atoms with Crippen LogP contribution in [0.5, 0.6) is 0 Å². The summed E-state index contributed by atoms with van der Waals surface area (Å²) in [4.78, 5) is 13.9. The lowest BCUT2D eigenvalue weighted by Crippen LogP contribution is -1.92. The quantitative estimate of drug-likeness (QED) is 0.209. The molecule has 25 heavy (non-hydrogen) atoms. The Labute approximate surface area is 152 Å². The van der Waals surface area contributed by atoms with E-state index in [9.17, 15) is 0 Å². The lowest BCUT2D eigenvalue weighted by atomic mass is 9.96. The smallest absolute Gasteiger partial charge is 0.106 e. The number of nitrogens with zero attached hydrogens (tertiary/aromatic N) is 3. The number of para-hydroxylation sites is 1. The van der Waals surface area contributed by atoms with Crippen molar-refractivity contribution in [3.05, 3.63) is 77.7 Å². The molecule has 0 aliphatic carbocycles. The van der Waals surface area contributed by atoms with Gasteiger partial charge in [-0.15, -0.1) is 0 Å². The monoisotopic (exact) mass is 385 g/mol. The Morgan fingerprint density at radius 3 is 2.48 bits per heavy atom. The Hall–Kier alpha value is -2.85. The van der Waals surface area contributed by atoms with Crippen LogP contribution in [0.3, 0.4) is 0 Å². The molecule has 3 aromatic heterocycles. The standard InChI is InChI=1S/C21H12BrN3/c22-18-10-8-13-7-9-16-19(14-4-3-11-23-12-14)15-5-1-2-6-17(15)24-21(16)20(13)25-18/h1-12H. The van der Waals surface area contributed by atoms with E-state index in [1.54, 1.807) is 6.20 Å². The molecular formula is C21H12BrN3. The Balaban J connectivity index is 2.04. The number of pyridine rings is 3. The van der Waals surface area contributed by atoms with E-state index >= 15 is 0 Å². The zero-order valence-electron chi connectivity index (χ0n) is 13.1. The zero-order valence-corrected chi connectivity index (χ0v) is 14.7. The van der Waals surface area contributed by atoms with Crippen LogP contribution in [0.2, 0.25) is 0 Å². The fourth-order valence-electron chi connectivity index (χ4n) is 3.33. The molecule has 0 amide bonds. The van der Waals surface area contributed by atoms with Crippen molar-refractivity contribution in [2.24, 2.45) is 0 Å². The summed E-state index contributed by atoms with van der Waals surface area (Å²) >= 11 is 3.48. The number of fused-ring (bicyclic) bond motifs is 4. The Kier molecular flexibility index (Phi) is 3.25. The van der Waals surface area contributed by atoms with E-state index in [0.29, 0.717) is 0 Å². The van der Waals surface area contributed by atoms with Gasteiger partial charge in [-0.05, 0) is 34.1 Å². The van der Waals surface area contributed by atoms with E-state index in [-0.39, 0.29) is 0 Å². The number of aromatic nitrogens is 3. The Bertz CT molecular complexity index is 1250. The van der Waals surface area contributed by atoms with Crippen molar-refractivity contribution in [2.45, 2.75) is 0 Å². The van der Waals surface area contributed by atoms with Crippen LogP contribution in [0, 0.1) is 0 Å². The average Bonchev–Trinajstić information content (AvgIpc) is 2.67. The molecule has 0 saturated carbocycles. The molecule has 0 unspecified atom stereocenters. The SMILES string of the molecule is Brc1ccc2ccc3c(-c4cccnc4)c4ccccc4nc3c2n1. The highest BCUT2D eigenvalue weighted by atomic mass is 79.9. The third kappa shape index (κ3) is 2.29. The zero-order chi connectivity index (χ0) is 16.8. The van der Waals surface area contributed by atoms with Crippen LogP contribution < -0.4 is 0 Å². The first kappa shape index (κ1) is 14.5. The second kappa shape index (κ2) is 5.60. The van der Waals surface area contributed by atoms with Crippen LogP contribution in [0.4, 0.5) is 0 Å². The van der Waals surface area contributed by atoms with Gasteiger partial charge in [0.05, 0.1) is 16.6 Å². The van der Waals surface area contributed by atoms with Crippen LogP contribution >= 0.6 is 15.9 Å². The van der Waals surface area contributed by atoms with E-state index in [4.69, 9.17) is 4.98 Å². The molecule has 118 valence electrons. The van der Waals surface area contributed by atoms with Crippen molar-refractivity contribution in [1.29, 1.82) is 0 Å². The fraction of sp³-hybridized carbons (Fsp3) is 0. The van der Waals surface area contributed by atoms with E-state index in [1.165, 1.54) is 0 Å². The van der Waals surface area contributed by atoms with Crippen molar-refractivity contribution >= 4 is 48.6 Å². The predicted octanol–water partition coefficient (Wildman–Crippen LogP) is 5.76. The lowest BCUT2D eigenvalue weighted by molar-refractivity contribution is 1.33. The molecule has 0 saturated heterocycles. The van der Waals surface area contributed by atoms with Crippen molar-refractivity contribution in [2.75, 3.05) is 0 Å². The minimum absolute atomic E-state index is 0.811. The van der Waals surface area contributed by atoms with Crippen molar-refractivity contribution in [3.63, 3.8) is 0 Å². The van der Waals surface area contributed by atoms with E-state index in [1.807, 2.05) is 36.5 Å². The molecule has 0 bridgehead atoms. The van der Waals surface area contributed by atoms with Crippen molar-refractivity contribution in [1.82, 2.24) is 15.0 Å². The molecule has 3 nitrogen and oxygen atoms in total. The minimum Gasteiger partial charge on any atom is -0.264 e. The fourth-order valence-corrected chi connectivity index (χ4v) is 3.64. The molecule has 0 aliphatic heterocycles. The highest BCUT2D eigenvalue weighted by Gasteiger charge is 2.14. The summed E-state index contributed by atoms with van der Waals surface area (Å²) in [7, 11) is 0. The molecule has 0 spiro atoms. The summed E-state index contributed by atoms with van der Waals surface area (Å²) in [5.41, 5.74) is 5.01. The number of hydrogen-bond acceptors (Lipinski definition) is 3. The number of hydrogen-bond donors (Lipinski definition) is 0. The number of rotatable bonds is 1. The lowest BCUT2D eigenvalue weighted by Gasteiger charge is -2.12. The van der Waals surface area contributed by atoms with Crippen LogP contribution in [-0.4, -0.2) is 15.0 Å². The maximum absolute atomic E-state index is 4.93. The molecular weight excluding hydrogens is 374 g/mol. The van der Waals surface area contributed by atoms with Gasteiger partial charge in [-0.25, -0.2) is 9.97 Å². The van der Waals surface area contributed by atoms with Crippen molar-refractivity contribution in [3.8, 4) is 11.1 Å². The largest absolute Gasteiger partial charge is 0.264 e. The van der Waals surface area contributed by atoms with Gasteiger partial charge in [0, 0.05) is 39.7 Å². The summed E-state index contributed by atoms with van der Waals surface area (Å²) in [6.07, 6.45) is 3.70. The maximum Gasteiger partial charge on any atom is 0.106 e. The Morgan fingerprint density at radius 1 is 0.720 bits per heavy atom. The van der Waals surface area contributed by atoms with Crippen molar-refractivity contribution < 1.29 is 0 Å². The third-order valence-electron chi connectivity index (χ3n) is 4.43. The molecule has 5 aromatic rings. The summed E-state index contributed by atoms with van der Waals surface area (Å²) in [6, 6.07) is 20.5. The van der Waals surface area contributed by atoms with Crippen LogP contribution in [0.1, 0.15) is 0 Å². The van der Waals surface area contributed by atoms with Gasteiger partial charge in [-0.2, -0.15) is 0 Å². The first-order valence-electron chi connectivity index (χ1n) is 7.99. The van der Waals surface area contributed by atoms with E-state index in [0.717, 1.165) is 48.4 Å². The molecule has 0 N–H and O–H groups in total. The topological polar surface area (TPSA) is 38.7 Å². The molecule has 0 atom stereocenters. The van der Waals surface area contributed by atoms with Crippen LogP contribution in [-0.2, 0) is 0 Å². The highest BCUT2D eigenvalue weighted by Crippen LogP contribution is 2.36. The van der Waals surface area contributed by atoms with Crippen LogP contribution in [0.25, 0.3) is 43.8 Å². The van der Waals surface area contributed by atoms with E-state index < -0.39 is 0 Å². The summed E-state index contributed by atoms with van der Waals surface area (Å²) in [5, 5.41) is 3.29. The van der Waals surface area contributed by atoms with Gasteiger partial charge in [0.25, 0.3) is 0 Å². The number of benzene rings is 2. The molecule has 4 heteroatoms. The summed E-state index contributed by atoms with van der Waals surface area (Å²) in [5.74, 6) is 0. The normalized spacial score (nSPS) is 11.4.